The van der Waals surface area contributed by atoms with Crippen LogP contribution < -0.4 is 11.5 Å². The van der Waals surface area contributed by atoms with Crippen molar-refractivity contribution in [3.8, 4) is 0 Å². The summed E-state index contributed by atoms with van der Waals surface area (Å²) in [6.45, 7) is 2.72. The van der Waals surface area contributed by atoms with E-state index in [2.05, 4.69) is 4.90 Å². The van der Waals surface area contributed by atoms with Gasteiger partial charge in [0.2, 0.25) is 5.91 Å². The maximum Gasteiger partial charge on any atom is 0.242 e. The molecule has 0 aromatic heterocycles. The minimum Gasteiger partial charge on any atom is -0.381 e. The number of hydrogen-bond acceptors (Lipinski definition) is 4. The molecule has 1 fully saturated rings. The maximum absolute atomic E-state index is 11.9. The molecule has 21 heavy (non-hydrogen) atoms. The van der Waals surface area contributed by atoms with Crippen LogP contribution in [0.2, 0.25) is 0 Å². The molecule has 1 aromatic rings. The monoisotopic (exact) mass is 291 g/mol. The normalized spacial score (nSPS) is 20.1. The predicted molar refractivity (Wildman–Crippen MR) is 82.6 cm³/mol. The minimum atomic E-state index is -1.10. The lowest BCUT2D eigenvalue weighted by Gasteiger charge is -2.34. The second kappa shape index (κ2) is 7.02. The summed E-state index contributed by atoms with van der Waals surface area (Å²) >= 11 is 0. The zero-order valence-electron chi connectivity index (χ0n) is 12.6. The molecule has 0 saturated carbocycles. The molecule has 1 unspecified atom stereocenters. The Labute approximate surface area is 126 Å². The van der Waals surface area contributed by atoms with Crippen LogP contribution in [-0.4, -0.2) is 43.7 Å². The fourth-order valence-corrected chi connectivity index (χ4v) is 2.85. The molecular weight excluding hydrogens is 266 g/mol. The zero-order chi connectivity index (χ0) is 15.3. The van der Waals surface area contributed by atoms with Crippen LogP contribution in [0.5, 0.6) is 0 Å². The third kappa shape index (κ3) is 3.81. The Balaban J connectivity index is 1.97. The van der Waals surface area contributed by atoms with Crippen LogP contribution in [0.15, 0.2) is 30.3 Å². The van der Waals surface area contributed by atoms with Crippen LogP contribution >= 0.6 is 0 Å². The number of piperidine rings is 1. The number of amides is 1. The SMILES string of the molecule is COC1CCN(CCC(N)(C(N)=O)c2ccccc2)CC1. The van der Waals surface area contributed by atoms with Crippen molar-refractivity contribution in [1.82, 2.24) is 4.90 Å². The van der Waals surface area contributed by atoms with Crippen LogP contribution in [0.25, 0.3) is 0 Å². The van der Waals surface area contributed by atoms with Crippen LogP contribution in [0.3, 0.4) is 0 Å². The molecular formula is C16H25N3O2. The second-order valence-electron chi connectivity index (χ2n) is 5.73. The van der Waals surface area contributed by atoms with Gasteiger partial charge in [0.05, 0.1) is 6.10 Å². The second-order valence-corrected chi connectivity index (χ2v) is 5.73. The quantitative estimate of drug-likeness (QED) is 0.813. The summed E-state index contributed by atoms with van der Waals surface area (Å²) in [5, 5.41) is 0. The smallest absolute Gasteiger partial charge is 0.242 e. The third-order valence-electron chi connectivity index (χ3n) is 4.42. The van der Waals surface area contributed by atoms with E-state index in [9.17, 15) is 4.79 Å². The van der Waals surface area contributed by atoms with Crippen molar-refractivity contribution in [3.63, 3.8) is 0 Å². The summed E-state index contributed by atoms with van der Waals surface area (Å²) in [6.07, 6.45) is 2.94. The molecule has 0 aliphatic carbocycles. The van der Waals surface area contributed by atoms with Crippen molar-refractivity contribution in [2.24, 2.45) is 11.5 Å². The van der Waals surface area contributed by atoms with Gasteiger partial charge in [0, 0.05) is 26.7 Å². The van der Waals surface area contributed by atoms with Gasteiger partial charge >= 0.3 is 0 Å². The number of nitrogens with zero attached hydrogens (tertiary/aromatic N) is 1. The largest absolute Gasteiger partial charge is 0.381 e. The van der Waals surface area contributed by atoms with Crippen molar-refractivity contribution in [2.45, 2.75) is 30.9 Å². The van der Waals surface area contributed by atoms with E-state index in [1.807, 2.05) is 30.3 Å². The Bertz CT molecular complexity index is 458. The molecule has 1 aromatic carbocycles. The number of carbonyl (C=O) groups is 1. The number of methoxy groups -OCH3 is 1. The number of hydrogen-bond donors (Lipinski definition) is 2. The van der Waals surface area contributed by atoms with Gasteiger partial charge in [-0.3, -0.25) is 4.79 Å². The van der Waals surface area contributed by atoms with E-state index in [1.54, 1.807) is 7.11 Å². The molecule has 1 aliphatic heterocycles. The molecule has 5 heteroatoms. The standard InChI is InChI=1S/C16H25N3O2/c1-21-14-7-10-19(11-8-14)12-9-16(18,15(17)20)13-5-3-2-4-6-13/h2-6,14H,7-12,18H2,1H3,(H2,17,20). The summed E-state index contributed by atoms with van der Waals surface area (Å²) < 4.78 is 5.37. The molecule has 1 atom stereocenters. The number of rotatable bonds is 6. The number of benzene rings is 1. The molecule has 0 spiro atoms. The van der Waals surface area contributed by atoms with Crippen molar-refractivity contribution in [1.29, 1.82) is 0 Å². The summed E-state index contributed by atoms with van der Waals surface area (Å²) in [6, 6.07) is 9.39. The Kier molecular flexibility index (Phi) is 5.33. The first-order valence-corrected chi connectivity index (χ1v) is 7.45. The van der Waals surface area contributed by atoms with Crippen LogP contribution in [0, 0.1) is 0 Å². The summed E-state index contributed by atoms with van der Waals surface area (Å²) in [7, 11) is 1.76. The van der Waals surface area contributed by atoms with Gasteiger partial charge in [-0.05, 0) is 24.8 Å². The average molecular weight is 291 g/mol. The van der Waals surface area contributed by atoms with E-state index >= 15 is 0 Å². The van der Waals surface area contributed by atoms with Gasteiger partial charge in [-0.1, -0.05) is 30.3 Å². The molecule has 1 aliphatic rings. The number of primary amides is 1. The molecule has 1 heterocycles. The highest BCUT2D eigenvalue weighted by Gasteiger charge is 2.34. The van der Waals surface area contributed by atoms with Crippen LogP contribution in [0.4, 0.5) is 0 Å². The van der Waals surface area contributed by atoms with E-state index in [0.717, 1.165) is 38.0 Å². The fourth-order valence-electron chi connectivity index (χ4n) is 2.85. The van der Waals surface area contributed by atoms with Gasteiger partial charge < -0.3 is 21.1 Å². The molecule has 4 N–H and O–H groups in total. The van der Waals surface area contributed by atoms with E-state index < -0.39 is 11.4 Å². The first-order valence-electron chi connectivity index (χ1n) is 7.45. The predicted octanol–water partition coefficient (Wildman–Crippen LogP) is 0.827. The van der Waals surface area contributed by atoms with E-state index in [1.165, 1.54) is 0 Å². The fraction of sp³-hybridized carbons (Fsp3) is 0.562. The van der Waals surface area contributed by atoms with E-state index in [0.29, 0.717) is 12.5 Å². The lowest BCUT2D eigenvalue weighted by atomic mass is 9.86. The summed E-state index contributed by atoms with van der Waals surface area (Å²) in [4.78, 5) is 14.2. The van der Waals surface area contributed by atoms with Gasteiger partial charge in [0.15, 0.2) is 0 Å². The van der Waals surface area contributed by atoms with Gasteiger partial charge in [-0.15, -0.1) is 0 Å². The average Bonchev–Trinajstić information content (AvgIpc) is 2.53. The zero-order valence-corrected chi connectivity index (χ0v) is 12.6. The van der Waals surface area contributed by atoms with Crippen molar-refractivity contribution < 1.29 is 9.53 Å². The topological polar surface area (TPSA) is 81.6 Å². The lowest BCUT2D eigenvalue weighted by molar-refractivity contribution is -0.123. The van der Waals surface area contributed by atoms with Crippen LogP contribution in [0.1, 0.15) is 24.8 Å². The Hall–Kier alpha value is -1.43. The summed E-state index contributed by atoms with van der Waals surface area (Å²) in [5.41, 5.74) is 11.6. The lowest BCUT2D eigenvalue weighted by Crippen LogP contribution is -2.51. The summed E-state index contributed by atoms with van der Waals surface area (Å²) in [5.74, 6) is -0.472. The highest BCUT2D eigenvalue weighted by molar-refractivity contribution is 5.85. The van der Waals surface area contributed by atoms with Gasteiger partial charge in [-0.2, -0.15) is 0 Å². The Morgan fingerprint density at radius 1 is 1.33 bits per heavy atom. The number of carbonyl (C=O) groups excluding carboxylic acids is 1. The number of likely N-dealkylation sites (tertiary alicyclic amines) is 1. The maximum atomic E-state index is 11.9. The molecule has 1 amide bonds. The Morgan fingerprint density at radius 3 is 2.48 bits per heavy atom. The minimum absolute atomic E-state index is 0.356. The van der Waals surface area contributed by atoms with Gasteiger partial charge in [-0.25, -0.2) is 0 Å². The molecule has 5 nitrogen and oxygen atoms in total. The highest BCUT2D eigenvalue weighted by Crippen LogP contribution is 2.23. The first-order chi connectivity index (χ1) is 10.1. The number of nitrogens with two attached hydrogens (primary N) is 2. The van der Waals surface area contributed by atoms with Crippen molar-refractivity contribution >= 4 is 5.91 Å². The van der Waals surface area contributed by atoms with Crippen molar-refractivity contribution in [2.75, 3.05) is 26.7 Å². The Morgan fingerprint density at radius 2 is 1.95 bits per heavy atom. The molecule has 2 rings (SSSR count). The number of ether oxygens (including phenoxy) is 1. The van der Waals surface area contributed by atoms with E-state index in [4.69, 9.17) is 16.2 Å². The van der Waals surface area contributed by atoms with Crippen LogP contribution in [-0.2, 0) is 15.1 Å². The molecule has 1 saturated heterocycles. The molecule has 0 radical (unpaired) electrons. The van der Waals surface area contributed by atoms with Gasteiger partial charge in [0.1, 0.15) is 5.54 Å². The molecule has 116 valence electrons. The highest BCUT2D eigenvalue weighted by atomic mass is 16.5. The molecule has 0 bridgehead atoms. The third-order valence-corrected chi connectivity index (χ3v) is 4.42. The first kappa shape index (κ1) is 15.9. The van der Waals surface area contributed by atoms with Crippen molar-refractivity contribution in [3.05, 3.63) is 35.9 Å². The van der Waals surface area contributed by atoms with E-state index in [-0.39, 0.29) is 0 Å². The van der Waals surface area contributed by atoms with Gasteiger partial charge in [0.25, 0.3) is 0 Å².